The number of hydrogen-bond acceptors (Lipinski definition) is 3. The van der Waals surface area contributed by atoms with E-state index in [9.17, 15) is 0 Å². The summed E-state index contributed by atoms with van der Waals surface area (Å²) >= 11 is 4.36. The first-order valence-corrected chi connectivity index (χ1v) is 2.43. The van der Waals surface area contributed by atoms with Crippen LogP contribution in [0, 0.1) is 0 Å². The number of nitrogens with two attached hydrogens (primary N) is 1. The second kappa shape index (κ2) is 3.59. The van der Waals surface area contributed by atoms with Crippen molar-refractivity contribution in [3.8, 4) is 0 Å². The van der Waals surface area contributed by atoms with Gasteiger partial charge in [-0.25, -0.2) is 0 Å². The Morgan fingerprint density at radius 3 is 2.38 bits per heavy atom. The number of hydrogen-bond donors (Lipinski definition) is 4. The number of aliphatic hydroxyl groups is 2. The van der Waals surface area contributed by atoms with E-state index >= 15 is 0 Å². The first-order chi connectivity index (χ1) is 3.63. The lowest BCUT2D eigenvalue weighted by Crippen LogP contribution is -2.35. The molecule has 0 aromatic carbocycles. The minimum atomic E-state index is -1.39. The highest BCUT2D eigenvalue weighted by atomic mass is 32.1. The van der Waals surface area contributed by atoms with E-state index in [0.717, 1.165) is 0 Å². The van der Waals surface area contributed by atoms with Gasteiger partial charge in [0.1, 0.15) is 0 Å². The summed E-state index contributed by atoms with van der Waals surface area (Å²) in [5, 5.41) is 18.8. The van der Waals surface area contributed by atoms with Gasteiger partial charge in [0.2, 0.25) is 0 Å². The van der Waals surface area contributed by atoms with E-state index in [0.29, 0.717) is 0 Å². The maximum Gasteiger partial charge on any atom is 0.169 e. The van der Waals surface area contributed by atoms with Gasteiger partial charge in [0.05, 0.1) is 6.54 Å². The Balaban J connectivity index is 3.05. The van der Waals surface area contributed by atoms with Crippen molar-refractivity contribution in [3.63, 3.8) is 0 Å². The summed E-state index contributed by atoms with van der Waals surface area (Å²) in [7, 11) is 0. The summed E-state index contributed by atoms with van der Waals surface area (Å²) in [6.07, 6.45) is -1.39. The van der Waals surface area contributed by atoms with Gasteiger partial charge in [-0.3, -0.25) is 0 Å². The molecule has 0 saturated heterocycles. The summed E-state index contributed by atoms with van der Waals surface area (Å²) in [6.45, 7) is -0.0185. The lowest BCUT2D eigenvalue weighted by atomic mass is 10.6. The number of thiocarbonyl (C=S) groups is 1. The Morgan fingerprint density at radius 1 is 1.75 bits per heavy atom. The van der Waals surface area contributed by atoms with E-state index in [-0.39, 0.29) is 11.7 Å². The molecule has 0 atom stereocenters. The fourth-order valence-corrected chi connectivity index (χ4v) is 0.275. The first kappa shape index (κ1) is 7.61. The van der Waals surface area contributed by atoms with Gasteiger partial charge < -0.3 is 21.3 Å². The van der Waals surface area contributed by atoms with Crippen molar-refractivity contribution in [3.05, 3.63) is 0 Å². The molecule has 0 radical (unpaired) electrons. The standard InChI is InChI=1S/C3H8N2O2S/c4-3(8)5-1-2(6)7/h2,6-7H,1H2,(H3,4,5,8). The van der Waals surface area contributed by atoms with Crippen molar-refractivity contribution >= 4 is 17.3 Å². The van der Waals surface area contributed by atoms with Gasteiger partial charge in [-0.2, -0.15) is 0 Å². The second-order valence-corrected chi connectivity index (χ2v) is 1.67. The molecule has 0 unspecified atom stereocenters. The summed E-state index contributed by atoms with van der Waals surface area (Å²) in [6, 6.07) is 0. The van der Waals surface area contributed by atoms with Crippen LogP contribution in [0.2, 0.25) is 0 Å². The predicted molar refractivity (Wildman–Crippen MR) is 33.0 cm³/mol. The molecular weight excluding hydrogens is 128 g/mol. The van der Waals surface area contributed by atoms with Crippen molar-refractivity contribution in [1.29, 1.82) is 0 Å². The Morgan fingerprint density at radius 2 is 2.25 bits per heavy atom. The zero-order valence-electron chi connectivity index (χ0n) is 4.16. The lowest BCUT2D eigenvalue weighted by Gasteiger charge is -2.03. The zero-order valence-corrected chi connectivity index (χ0v) is 4.98. The summed E-state index contributed by atoms with van der Waals surface area (Å²) in [5.41, 5.74) is 4.94. The molecule has 0 aliphatic rings. The Labute approximate surface area is 52.3 Å². The zero-order chi connectivity index (χ0) is 6.57. The van der Waals surface area contributed by atoms with E-state index in [4.69, 9.17) is 15.9 Å². The van der Waals surface area contributed by atoms with Crippen LogP contribution in [0.1, 0.15) is 0 Å². The van der Waals surface area contributed by atoms with Crippen LogP contribution >= 0.6 is 12.2 Å². The molecule has 0 bridgehead atoms. The summed E-state index contributed by atoms with van der Waals surface area (Å²) < 4.78 is 0. The largest absolute Gasteiger partial charge is 0.376 e. The highest BCUT2D eigenvalue weighted by Gasteiger charge is 1.93. The van der Waals surface area contributed by atoms with Gasteiger partial charge in [-0.15, -0.1) is 0 Å². The Bertz CT molecular complexity index is 85.4. The molecule has 0 rings (SSSR count). The Kier molecular flexibility index (Phi) is 3.42. The van der Waals surface area contributed by atoms with E-state index in [2.05, 4.69) is 17.5 Å². The van der Waals surface area contributed by atoms with Crippen LogP contribution in [-0.2, 0) is 0 Å². The van der Waals surface area contributed by atoms with Crippen molar-refractivity contribution < 1.29 is 10.2 Å². The summed E-state index contributed by atoms with van der Waals surface area (Å²) in [5.74, 6) is 0. The summed E-state index contributed by atoms with van der Waals surface area (Å²) in [4.78, 5) is 0. The van der Waals surface area contributed by atoms with E-state index in [1.807, 2.05) is 0 Å². The van der Waals surface area contributed by atoms with E-state index in [1.165, 1.54) is 0 Å². The second-order valence-electron chi connectivity index (χ2n) is 1.23. The van der Waals surface area contributed by atoms with Gasteiger partial charge >= 0.3 is 0 Å². The molecule has 4 nitrogen and oxygen atoms in total. The predicted octanol–water partition coefficient (Wildman–Crippen LogP) is -1.87. The van der Waals surface area contributed by atoms with Gasteiger partial charge in [0.25, 0.3) is 0 Å². The third-order valence-corrected chi connectivity index (χ3v) is 0.603. The molecule has 0 aromatic heterocycles. The average molecular weight is 136 g/mol. The first-order valence-electron chi connectivity index (χ1n) is 2.02. The fraction of sp³-hybridized carbons (Fsp3) is 0.667. The minimum absolute atomic E-state index is 0.0185. The van der Waals surface area contributed by atoms with Gasteiger partial charge in [0, 0.05) is 0 Å². The maximum absolute atomic E-state index is 8.18. The van der Waals surface area contributed by atoms with Crippen LogP contribution in [-0.4, -0.2) is 28.2 Å². The highest BCUT2D eigenvalue weighted by Crippen LogP contribution is 1.67. The lowest BCUT2D eigenvalue weighted by molar-refractivity contribution is -0.0340. The van der Waals surface area contributed by atoms with Crippen molar-refractivity contribution in [2.75, 3.05) is 6.54 Å². The number of aliphatic hydroxyl groups excluding tert-OH is 1. The van der Waals surface area contributed by atoms with Gasteiger partial charge in [-0.05, 0) is 12.2 Å². The topological polar surface area (TPSA) is 78.5 Å². The molecular formula is C3H8N2O2S. The van der Waals surface area contributed by atoms with Crippen LogP contribution < -0.4 is 11.1 Å². The van der Waals surface area contributed by atoms with Crippen molar-refractivity contribution in [2.45, 2.75) is 6.29 Å². The van der Waals surface area contributed by atoms with Crippen LogP contribution in [0.25, 0.3) is 0 Å². The molecule has 0 saturated carbocycles. The molecule has 5 heteroatoms. The smallest absolute Gasteiger partial charge is 0.169 e. The molecule has 0 heterocycles. The normalized spacial score (nSPS) is 9.38. The molecule has 0 fully saturated rings. The number of nitrogens with one attached hydrogen (secondary N) is 1. The maximum atomic E-state index is 8.18. The fourth-order valence-electron chi connectivity index (χ4n) is 0.192. The highest BCUT2D eigenvalue weighted by molar-refractivity contribution is 7.80. The quantitative estimate of drug-likeness (QED) is 0.264. The molecule has 5 N–H and O–H groups in total. The van der Waals surface area contributed by atoms with Gasteiger partial charge in [-0.1, -0.05) is 0 Å². The van der Waals surface area contributed by atoms with Crippen LogP contribution in [0.5, 0.6) is 0 Å². The molecule has 0 aliphatic heterocycles. The van der Waals surface area contributed by atoms with E-state index in [1.54, 1.807) is 0 Å². The van der Waals surface area contributed by atoms with Crippen LogP contribution in [0.4, 0.5) is 0 Å². The van der Waals surface area contributed by atoms with E-state index < -0.39 is 6.29 Å². The number of rotatable bonds is 2. The third kappa shape index (κ3) is 5.61. The van der Waals surface area contributed by atoms with Gasteiger partial charge in [0.15, 0.2) is 11.4 Å². The molecule has 0 aliphatic carbocycles. The third-order valence-electron chi connectivity index (χ3n) is 0.459. The minimum Gasteiger partial charge on any atom is -0.376 e. The van der Waals surface area contributed by atoms with Crippen molar-refractivity contribution in [2.24, 2.45) is 5.73 Å². The average Bonchev–Trinajstić information content (AvgIpc) is 1.61. The SMILES string of the molecule is NC(=S)NCC(O)O. The molecule has 8 heavy (non-hydrogen) atoms. The molecule has 0 amide bonds. The van der Waals surface area contributed by atoms with Crippen LogP contribution in [0.15, 0.2) is 0 Å². The molecule has 0 aromatic rings. The monoisotopic (exact) mass is 136 g/mol. The Hall–Kier alpha value is -0.390. The molecule has 0 spiro atoms. The van der Waals surface area contributed by atoms with Crippen LogP contribution in [0.3, 0.4) is 0 Å². The molecule has 48 valence electrons. The van der Waals surface area contributed by atoms with Crippen molar-refractivity contribution in [1.82, 2.24) is 5.32 Å².